The molecule has 3 aromatic carbocycles. The number of rotatable bonds is 7. The lowest BCUT2D eigenvalue weighted by molar-refractivity contribution is -0.117. The fourth-order valence-electron chi connectivity index (χ4n) is 4.87. The van der Waals surface area contributed by atoms with Gasteiger partial charge in [-0.15, -0.1) is 0 Å². The number of benzene rings is 3. The van der Waals surface area contributed by atoms with E-state index in [2.05, 4.69) is 6.07 Å². The SMILES string of the molecule is N#Cc1ccc(Oc2ccc([C@H]3CC(=O)N(c4cccc(C(N)=O)c4)C3)cc2OC2CCCC2)cc1. The second kappa shape index (κ2) is 10.1. The van der Waals surface area contributed by atoms with Gasteiger partial charge in [0.1, 0.15) is 5.75 Å². The molecule has 3 aromatic rings. The summed E-state index contributed by atoms with van der Waals surface area (Å²) in [7, 11) is 0. The molecule has 1 saturated heterocycles. The molecule has 2 fully saturated rings. The van der Waals surface area contributed by atoms with Gasteiger partial charge in [0.2, 0.25) is 11.8 Å². The van der Waals surface area contributed by atoms with E-state index in [1.54, 1.807) is 47.4 Å². The van der Waals surface area contributed by atoms with Gasteiger partial charge in [-0.1, -0.05) is 12.1 Å². The summed E-state index contributed by atoms with van der Waals surface area (Å²) in [6.07, 6.45) is 4.80. The van der Waals surface area contributed by atoms with Crippen molar-refractivity contribution in [2.45, 2.75) is 44.1 Å². The molecule has 1 aliphatic heterocycles. The molecule has 182 valence electrons. The summed E-state index contributed by atoms with van der Waals surface area (Å²) in [6, 6.07) is 21.8. The molecule has 0 radical (unpaired) electrons. The predicted octanol–water partition coefficient (Wildman–Crippen LogP) is 5.29. The quantitative estimate of drug-likeness (QED) is 0.493. The van der Waals surface area contributed by atoms with Gasteiger partial charge in [-0.3, -0.25) is 9.59 Å². The van der Waals surface area contributed by atoms with E-state index in [9.17, 15) is 9.59 Å². The number of hydrogen-bond acceptors (Lipinski definition) is 5. The van der Waals surface area contributed by atoms with Gasteiger partial charge in [-0.25, -0.2) is 0 Å². The molecular weight excluding hydrogens is 454 g/mol. The van der Waals surface area contributed by atoms with Crippen LogP contribution >= 0.6 is 0 Å². The van der Waals surface area contributed by atoms with Crippen LogP contribution in [0.15, 0.2) is 66.7 Å². The van der Waals surface area contributed by atoms with Crippen LogP contribution < -0.4 is 20.1 Å². The van der Waals surface area contributed by atoms with Gasteiger partial charge in [-0.05, 0) is 85.8 Å². The zero-order valence-electron chi connectivity index (χ0n) is 19.9. The number of nitrogens with zero attached hydrogens (tertiary/aromatic N) is 2. The molecule has 0 spiro atoms. The normalized spacial score (nSPS) is 17.7. The second-order valence-electron chi connectivity index (χ2n) is 9.29. The Kier molecular flexibility index (Phi) is 6.59. The molecule has 1 saturated carbocycles. The standard InChI is InChI=1S/C29H27N3O4/c30-17-19-8-11-25(12-9-19)35-26-13-10-20(15-27(26)36-24-6-1-2-7-24)22-16-28(33)32(18-22)23-5-3-4-21(14-23)29(31)34/h3-5,8-15,22,24H,1-2,6-7,16,18H2,(H2,31,34)/t22-/m0/s1. The van der Waals surface area contributed by atoms with E-state index >= 15 is 0 Å². The summed E-state index contributed by atoms with van der Waals surface area (Å²) < 4.78 is 12.5. The van der Waals surface area contributed by atoms with Crippen LogP contribution in [0, 0.1) is 11.3 Å². The molecule has 1 atom stereocenters. The average Bonchev–Trinajstić information content (AvgIpc) is 3.55. The number of primary amides is 1. The predicted molar refractivity (Wildman–Crippen MR) is 135 cm³/mol. The van der Waals surface area contributed by atoms with E-state index < -0.39 is 5.91 Å². The van der Waals surface area contributed by atoms with Crippen LogP contribution in [0.25, 0.3) is 0 Å². The minimum atomic E-state index is -0.522. The highest BCUT2D eigenvalue weighted by molar-refractivity contribution is 5.99. The largest absolute Gasteiger partial charge is 0.487 e. The topological polar surface area (TPSA) is 106 Å². The van der Waals surface area contributed by atoms with Crippen molar-refractivity contribution in [3.05, 3.63) is 83.4 Å². The van der Waals surface area contributed by atoms with Crippen LogP contribution in [-0.2, 0) is 4.79 Å². The first-order valence-corrected chi connectivity index (χ1v) is 12.2. The van der Waals surface area contributed by atoms with E-state index in [4.69, 9.17) is 20.5 Å². The molecular formula is C29H27N3O4. The van der Waals surface area contributed by atoms with Crippen LogP contribution in [0.5, 0.6) is 17.2 Å². The van der Waals surface area contributed by atoms with E-state index in [1.165, 1.54) is 0 Å². The van der Waals surface area contributed by atoms with E-state index in [0.717, 1.165) is 31.2 Å². The molecule has 7 heteroatoms. The van der Waals surface area contributed by atoms with Gasteiger partial charge in [0.25, 0.3) is 0 Å². The highest BCUT2D eigenvalue weighted by Gasteiger charge is 2.32. The Bertz CT molecular complexity index is 1320. The second-order valence-corrected chi connectivity index (χ2v) is 9.29. The first-order chi connectivity index (χ1) is 17.5. The number of nitrogens with two attached hydrogens (primary N) is 1. The summed E-state index contributed by atoms with van der Waals surface area (Å²) in [5.74, 6) is 1.33. The smallest absolute Gasteiger partial charge is 0.248 e. The average molecular weight is 482 g/mol. The Morgan fingerprint density at radius 1 is 1.00 bits per heavy atom. The summed E-state index contributed by atoms with van der Waals surface area (Å²) in [4.78, 5) is 26.2. The van der Waals surface area contributed by atoms with Crippen LogP contribution in [0.1, 0.15) is 59.5 Å². The maximum Gasteiger partial charge on any atom is 0.248 e. The number of carbonyl (C=O) groups is 2. The van der Waals surface area contributed by atoms with Crippen molar-refractivity contribution in [1.82, 2.24) is 0 Å². The highest BCUT2D eigenvalue weighted by Crippen LogP contribution is 2.40. The Morgan fingerprint density at radius 3 is 2.50 bits per heavy atom. The molecule has 2 amide bonds. The lowest BCUT2D eigenvalue weighted by Crippen LogP contribution is -2.24. The number of amides is 2. The first kappa shape index (κ1) is 23.4. The Balaban J connectivity index is 1.40. The summed E-state index contributed by atoms with van der Waals surface area (Å²) >= 11 is 0. The highest BCUT2D eigenvalue weighted by atomic mass is 16.5. The van der Waals surface area contributed by atoms with Crippen molar-refractivity contribution in [3.63, 3.8) is 0 Å². The minimum Gasteiger partial charge on any atom is -0.487 e. The van der Waals surface area contributed by atoms with E-state index in [0.29, 0.717) is 47.0 Å². The number of nitriles is 1. The molecule has 1 heterocycles. The lowest BCUT2D eigenvalue weighted by atomic mass is 9.97. The Labute approximate surface area is 210 Å². The van der Waals surface area contributed by atoms with Gasteiger partial charge in [0.15, 0.2) is 11.5 Å². The van der Waals surface area contributed by atoms with Gasteiger partial charge in [0.05, 0.1) is 17.7 Å². The van der Waals surface area contributed by atoms with Crippen LogP contribution in [0.2, 0.25) is 0 Å². The molecule has 2 N–H and O–H groups in total. The van der Waals surface area contributed by atoms with Gasteiger partial charge < -0.3 is 20.1 Å². The van der Waals surface area contributed by atoms with Crippen molar-refractivity contribution >= 4 is 17.5 Å². The van der Waals surface area contributed by atoms with Crippen molar-refractivity contribution in [3.8, 4) is 23.3 Å². The zero-order chi connectivity index (χ0) is 25.1. The van der Waals surface area contributed by atoms with Gasteiger partial charge >= 0.3 is 0 Å². The summed E-state index contributed by atoms with van der Waals surface area (Å²) in [6.45, 7) is 0.500. The Morgan fingerprint density at radius 2 is 1.78 bits per heavy atom. The number of ether oxygens (including phenoxy) is 2. The van der Waals surface area contributed by atoms with Crippen LogP contribution in [-0.4, -0.2) is 24.5 Å². The molecule has 0 bridgehead atoms. The van der Waals surface area contributed by atoms with E-state index in [-0.39, 0.29) is 17.9 Å². The van der Waals surface area contributed by atoms with Gasteiger partial charge in [-0.2, -0.15) is 5.26 Å². The fraction of sp³-hybridized carbons (Fsp3) is 0.276. The van der Waals surface area contributed by atoms with Crippen molar-refractivity contribution in [1.29, 1.82) is 5.26 Å². The monoisotopic (exact) mass is 481 g/mol. The Hall–Kier alpha value is -4.31. The summed E-state index contributed by atoms with van der Waals surface area (Å²) in [5.41, 5.74) is 8.03. The third kappa shape index (κ3) is 5.03. The van der Waals surface area contributed by atoms with Crippen LogP contribution in [0.4, 0.5) is 5.69 Å². The third-order valence-electron chi connectivity index (χ3n) is 6.81. The molecule has 7 nitrogen and oxygen atoms in total. The lowest BCUT2D eigenvalue weighted by Gasteiger charge is -2.20. The molecule has 5 rings (SSSR count). The fourth-order valence-corrected chi connectivity index (χ4v) is 4.87. The molecule has 36 heavy (non-hydrogen) atoms. The number of carbonyl (C=O) groups excluding carboxylic acids is 2. The molecule has 1 aliphatic carbocycles. The maximum atomic E-state index is 12.9. The molecule has 2 aliphatic rings. The third-order valence-corrected chi connectivity index (χ3v) is 6.81. The zero-order valence-corrected chi connectivity index (χ0v) is 19.9. The van der Waals surface area contributed by atoms with Crippen molar-refractivity contribution < 1.29 is 19.1 Å². The van der Waals surface area contributed by atoms with Crippen molar-refractivity contribution in [2.24, 2.45) is 5.73 Å². The number of anilines is 1. The summed E-state index contributed by atoms with van der Waals surface area (Å²) in [5, 5.41) is 9.05. The maximum absolute atomic E-state index is 12.9. The first-order valence-electron chi connectivity index (χ1n) is 12.2. The number of hydrogen-bond donors (Lipinski definition) is 1. The van der Waals surface area contributed by atoms with Gasteiger partial charge in [0, 0.05) is 30.1 Å². The van der Waals surface area contributed by atoms with Crippen LogP contribution in [0.3, 0.4) is 0 Å². The van der Waals surface area contributed by atoms with E-state index in [1.807, 2.05) is 24.3 Å². The minimum absolute atomic E-state index is 0.00205. The molecule has 0 aromatic heterocycles. The van der Waals surface area contributed by atoms with Crippen molar-refractivity contribution in [2.75, 3.05) is 11.4 Å². The molecule has 0 unspecified atom stereocenters.